The largest absolute Gasteiger partial charge is 0.394 e. The number of hydrogen-bond acceptors (Lipinski definition) is 29. The summed E-state index contributed by atoms with van der Waals surface area (Å²) < 4.78 is 52.4. The van der Waals surface area contributed by atoms with Crippen LogP contribution in [-0.4, -0.2) is 328 Å². The fraction of sp³-hybridized carbons (Fsp3) is 0.861. The number of amides is 10. The van der Waals surface area contributed by atoms with Crippen molar-refractivity contribution in [1.29, 1.82) is 0 Å². The van der Waals surface area contributed by atoms with Gasteiger partial charge in [0.15, 0.2) is 18.9 Å². The number of unbranched alkanes of at least 4 members (excludes halogenated alkanes) is 10. The summed E-state index contributed by atoms with van der Waals surface area (Å²) in [7, 11) is 0. The molecule has 1 aliphatic heterocycles. The maximum atomic E-state index is 14.0. The van der Waals surface area contributed by atoms with E-state index >= 15 is 0 Å². The zero-order valence-electron chi connectivity index (χ0n) is 71.0. The molecule has 1 rings (SSSR count). The van der Waals surface area contributed by atoms with E-state index < -0.39 is 136 Å². The van der Waals surface area contributed by atoms with Gasteiger partial charge in [-0.3, -0.25) is 52.7 Å². The fourth-order valence-electron chi connectivity index (χ4n) is 11.8. The van der Waals surface area contributed by atoms with E-state index in [1.807, 2.05) is 20.8 Å². The number of nitrogens with one attached hydrogen (secondary N) is 10. The second-order valence-electron chi connectivity index (χ2n) is 30.7. The van der Waals surface area contributed by atoms with Crippen molar-refractivity contribution >= 4 is 64.9 Å². The highest BCUT2D eigenvalue weighted by Crippen LogP contribution is 2.24. The molecule has 0 spiro atoms. The van der Waals surface area contributed by atoms with Crippen LogP contribution in [0.4, 0.5) is 0 Å². The molecule has 0 saturated carbocycles. The van der Waals surface area contributed by atoms with Crippen LogP contribution in [0.15, 0.2) is 0 Å². The van der Waals surface area contributed by atoms with Crippen molar-refractivity contribution in [2.45, 2.75) is 301 Å². The van der Waals surface area contributed by atoms with Crippen molar-refractivity contribution in [3.8, 4) is 0 Å². The van der Waals surface area contributed by atoms with Crippen LogP contribution in [0.1, 0.15) is 216 Å². The number of rotatable bonds is 73. The molecule has 686 valence electrons. The standard InChI is InChI=1S/C79H146N10O29/c1-54(95)61(48-92)116-75(59(46-90)86-56(3)97)113-40-20-17-27-65(101)80-34-23-37-83-68(104)31-43-110-51-79(89-71(107)30-16-14-12-10-9-11-13-15-26-64(100)78(6,7)8,52-111-44-32-69(105)84-38-24-35-81-66(102)28-18-21-41-114-76(60(47-91)87-57(4)98)117-62(49-93)55(2)96)53-112-45-33-70(106)85-39-25-36-82-67(103)29-19-22-42-115-77-72(88-58(5)99)74(109)73(108)63(50-94)118-77/h54-55,59-63,72-77,90-96,108-109H,9-53H2,1-8H3,(H,80,101)(H,81,102)(H,82,103)(H,83,104)(H,84,105)(H,85,106)(H,86,97)(H,87,98)(H,88,99)(H,89,107)/t54-,55-,59-,60-,61?,62?,63?,72?,73?,74?,75?,76?,77?,79?/m0/s1. The summed E-state index contributed by atoms with van der Waals surface area (Å²) in [6.45, 7) is 10.0. The molecule has 39 heteroatoms. The van der Waals surface area contributed by atoms with Crippen molar-refractivity contribution < 1.29 is 141 Å². The maximum absolute atomic E-state index is 14.0. The lowest BCUT2D eigenvalue weighted by Crippen LogP contribution is -2.64. The van der Waals surface area contributed by atoms with Gasteiger partial charge in [0.05, 0.1) is 84.9 Å². The number of ketones is 1. The molecule has 10 amide bonds. The molecule has 0 aromatic rings. The van der Waals surface area contributed by atoms with E-state index in [1.165, 1.54) is 34.6 Å². The number of carbonyl (C=O) groups excluding carboxylic acids is 11. The average Bonchev–Trinajstić information content (AvgIpc) is 0.789. The third kappa shape index (κ3) is 53.4. The molecule has 1 saturated heterocycles. The number of carbonyl (C=O) groups is 11. The second-order valence-corrected chi connectivity index (χ2v) is 30.7. The smallest absolute Gasteiger partial charge is 0.222 e. The Kier molecular flexibility index (Phi) is 61.6. The first-order chi connectivity index (χ1) is 56.2. The maximum Gasteiger partial charge on any atom is 0.222 e. The summed E-state index contributed by atoms with van der Waals surface area (Å²) in [5.74, 6) is -3.38. The normalized spacial score (nSPS) is 18.0. The average molecular weight is 1700 g/mol. The molecule has 1 heterocycles. The minimum absolute atomic E-state index is 0.0618. The van der Waals surface area contributed by atoms with E-state index in [4.69, 9.17) is 42.6 Å². The van der Waals surface area contributed by atoms with Crippen LogP contribution in [0.5, 0.6) is 0 Å². The van der Waals surface area contributed by atoms with Crippen molar-refractivity contribution in [1.82, 2.24) is 53.2 Å². The molecule has 0 bridgehead atoms. The van der Waals surface area contributed by atoms with Gasteiger partial charge in [0, 0.05) is 137 Å². The van der Waals surface area contributed by atoms with Crippen LogP contribution >= 0.6 is 0 Å². The number of Topliss-reactive ketones (excluding diaryl/α,β-unsaturated/α-hetero) is 1. The first-order valence-electron chi connectivity index (χ1n) is 41.8. The van der Waals surface area contributed by atoms with Crippen LogP contribution < -0.4 is 53.2 Å². The molecule has 39 nitrogen and oxygen atoms in total. The Labute approximate surface area is 695 Å². The first-order valence-corrected chi connectivity index (χ1v) is 41.8. The Hall–Kier alpha value is -6.35. The van der Waals surface area contributed by atoms with Crippen LogP contribution in [-0.2, 0) is 95.4 Å². The van der Waals surface area contributed by atoms with Gasteiger partial charge in [-0.1, -0.05) is 59.3 Å². The lowest BCUT2D eigenvalue weighted by atomic mass is 9.88. The molecule has 0 aromatic carbocycles. The highest BCUT2D eigenvalue weighted by molar-refractivity contribution is 5.83. The molecule has 118 heavy (non-hydrogen) atoms. The zero-order chi connectivity index (χ0) is 88.1. The second kappa shape index (κ2) is 66.3. The first kappa shape index (κ1) is 110. The Morgan fingerprint density at radius 2 is 0.737 bits per heavy atom. The predicted molar refractivity (Wildman–Crippen MR) is 429 cm³/mol. The Balaban J connectivity index is 3.07. The lowest BCUT2D eigenvalue weighted by Gasteiger charge is -2.42. The number of aliphatic hydroxyl groups excluding tert-OH is 9. The predicted octanol–water partition coefficient (Wildman–Crippen LogP) is -1.89. The summed E-state index contributed by atoms with van der Waals surface area (Å²) >= 11 is 0. The van der Waals surface area contributed by atoms with E-state index in [2.05, 4.69) is 53.2 Å². The third-order valence-corrected chi connectivity index (χ3v) is 18.7. The SMILES string of the molecule is CC(=O)NC1C(OCCCCC(=O)NCCCNC(=O)CCOCC(COCCC(=O)NCCCNC(=O)CCCCOC(OC(CO)[C@H](C)O)[C@H](CO)NC(C)=O)(COCCC(=O)NCCCNC(=O)CCCCOC(OC(CO)[C@H](C)O)[C@H](CO)NC(C)=O)NC(=O)CCCCCCCCCCC(=O)C(C)(C)C)OC(CO)C(O)C1O. The van der Waals surface area contributed by atoms with Crippen molar-refractivity contribution in [2.75, 3.05) is 132 Å². The highest BCUT2D eigenvalue weighted by atomic mass is 16.7. The van der Waals surface area contributed by atoms with Gasteiger partial charge in [0.2, 0.25) is 59.1 Å². The monoisotopic (exact) mass is 1700 g/mol. The van der Waals surface area contributed by atoms with Crippen molar-refractivity contribution in [3.63, 3.8) is 0 Å². The Morgan fingerprint density at radius 3 is 1.07 bits per heavy atom. The molecular formula is C79H146N10O29. The van der Waals surface area contributed by atoms with Crippen LogP contribution in [0.2, 0.25) is 0 Å². The highest BCUT2D eigenvalue weighted by Gasteiger charge is 2.45. The van der Waals surface area contributed by atoms with E-state index in [0.29, 0.717) is 70.6 Å². The third-order valence-electron chi connectivity index (χ3n) is 18.7. The van der Waals surface area contributed by atoms with Crippen LogP contribution in [0, 0.1) is 5.41 Å². The zero-order valence-corrected chi connectivity index (χ0v) is 71.0. The number of ether oxygens (including phenoxy) is 9. The van der Waals surface area contributed by atoms with Gasteiger partial charge in [-0.15, -0.1) is 0 Å². The van der Waals surface area contributed by atoms with Crippen LogP contribution in [0.25, 0.3) is 0 Å². The number of aliphatic hydroxyl groups is 9. The van der Waals surface area contributed by atoms with E-state index in [1.54, 1.807) is 0 Å². The molecule has 19 N–H and O–H groups in total. The molecule has 9 unspecified atom stereocenters. The molecule has 0 aromatic heterocycles. The molecule has 1 aliphatic rings. The Bertz CT molecular complexity index is 2690. The minimum atomic E-state index is -1.46. The molecule has 0 radical (unpaired) electrons. The summed E-state index contributed by atoms with van der Waals surface area (Å²) in [6.07, 6.45) is -0.658. The minimum Gasteiger partial charge on any atom is -0.394 e. The van der Waals surface area contributed by atoms with Gasteiger partial charge in [0.1, 0.15) is 60.0 Å². The fourth-order valence-corrected chi connectivity index (χ4v) is 11.8. The van der Waals surface area contributed by atoms with Gasteiger partial charge in [-0.05, 0) is 84.5 Å². The summed E-state index contributed by atoms with van der Waals surface area (Å²) in [6, 6.07) is -3.08. The van der Waals surface area contributed by atoms with E-state index in [9.17, 15) is 98.7 Å². The van der Waals surface area contributed by atoms with Crippen LogP contribution in [0.3, 0.4) is 0 Å². The Morgan fingerprint density at radius 1 is 0.398 bits per heavy atom. The lowest BCUT2D eigenvalue weighted by molar-refractivity contribution is -0.270. The topological polar surface area (TPSA) is 573 Å². The van der Waals surface area contributed by atoms with Gasteiger partial charge in [0.25, 0.3) is 0 Å². The van der Waals surface area contributed by atoms with Gasteiger partial charge in [-0.2, -0.15) is 0 Å². The quantitative estimate of drug-likeness (QED) is 0.0234. The molecule has 13 atom stereocenters. The van der Waals surface area contributed by atoms with Gasteiger partial charge in [-0.25, -0.2) is 0 Å². The molecule has 1 fully saturated rings. The van der Waals surface area contributed by atoms with Crippen molar-refractivity contribution in [3.05, 3.63) is 0 Å². The van der Waals surface area contributed by atoms with Gasteiger partial charge >= 0.3 is 0 Å². The summed E-state index contributed by atoms with van der Waals surface area (Å²) in [5.41, 5.74) is -1.78. The summed E-state index contributed by atoms with van der Waals surface area (Å²) in [5, 5.41) is 117. The van der Waals surface area contributed by atoms with E-state index in [0.717, 1.165) is 44.9 Å². The van der Waals surface area contributed by atoms with Crippen molar-refractivity contribution in [2.24, 2.45) is 5.41 Å². The summed E-state index contributed by atoms with van der Waals surface area (Å²) in [4.78, 5) is 139. The van der Waals surface area contributed by atoms with Gasteiger partial charge < -0.3 is 142 Å². The van der Waals surface area contributed by atoms with E-state index in [-0.39, 0.29) is 196 Å². The molecular weight excluding hydrogens is 1550 g/mol. The molecule has 0 aliphatic carbocycles. The number of hydrogen-bond donors (Lipinski definition) is 19.